The Morgan fingerprint density at radius 3 is 2.54 bits per heavy atom. The maximum atomic E-state index is 15.7. The predicted molar refractivity (Wildman–Crippen MR) is 157 cm³/mol. The van der Waals surface area contributed by atoms with Crippen LogP contribution in [0.1, 0.15) is 41.5 Å². The minimum Gasteiger partial charge on any atom is -0.495 e. The lowest BCUT2D eigenvalue weighted by Gasteiger charge is -2.32. The smallest absolute Gasteiger partial charge is 0.270 e. The van der Waals surface area contributed by atoms with Gasteiger partial charge in [0.05, 0.1) is 22.7 Å². The van der Waals surface area contributed by atoms with Crippen molar-refractivity contribution in [1.29, 1.82) is 0 Å². The number of fused-ring (bicyclic) bond motifs is 2. The second kappa shape index (κ2) is 11.0. The summed E-state index contributed by atoms with van der Waals surface area (Å²) in [5.41, 5.74) is 1.15. The van der Waals surface area contributed by atoms with Crippen LogP contribution in [0.4, 0.5) is 10.1 Å². The highest BCUT2D eigenvalue weighted by Crippen LogP contribution is 2.53. The third-order valence-electron chi connectivity index (χ3n) is 8.68. The topological polar surface area (TPSA) is 79.0 Å². The fourth-order valence-electron chi connectivity index (χ4n) is 6.61. The van der Waals surface area contributed by atoms with Gasteiger partial charge in [-0.1, -0.05) is 35.9 Å². The zero-order chi connectivity index (χ0) is 28.8. The molecule has 3 aromatic rings. The predicted octanol–water partition coefficient (Wildman–Crippen LogP) is 4.68. The van der Waals surface area contributed by atoms with E-state index in [0.29, 0.717) is 18.5 Å². The fourth-order valence-corrected chi connectivity index (χ4v) is 8.37. The highest BCUT2D eigenvalue weighted by Gasteiger charge is 2.57. The monoisotopic (exact) mass is 597 g/mol. The van der Waals surface area contributed by atoms with Crippen LogP contribution in [0, 0.1) is 5.82 Å². The molecular formula is C31H33ClFN3O4S. The van der Waals surface area contributed by atoms with Crippen molar-refractivity contribution in [1.82, 2.24) is 10.2 Å². The second-order valence-corrected chi connectivity index (χ2v) is 13.1. The van der Waals surface area contributed by atoms with Gasteiger partial charge in [0.1, 0.15) is 17.0 Å². The molecule has 3 aromatic carbocycles. The van der Waals surface area contributed by atoms with Crippen molar-refractivity contribution in [2.75, 3.05) is 44.1 Å². The van der Waals surface area contributed by atoms with E-state index in [0.717, 1.165) is 60.9 Å². The van der Waals surface area contributed by atoms with E-state index in [2.05, 4.69) is 10.2 Å². The molecule has 3 aliphatic rings. The lowest BCUT2D eigenvalue weighted by molar-refractivity contribution is -0.121. The first kappa shape index (κ1) is 28.2. The van der Waals surface area contributed by atoms with Crippen LogP contribution >= 0.6 is 11.6 Å². The van der Waals surface area contributed by atoms with E-state index >= 15 is 4.39 Å². The fraction of sp³-hybridized carbons (Fsp3) is 0.387. The van der Waals surface area contributed by atoms with E-state index in [1.165, 1.54) is 19.2 Å². The van der Waals surface area contributed by atoms with Crippen LogP contribution < -0.4 is 14.4 Å². The molecule has 0 spiro atoms. The Bertz CT molecular complexity index is 1610. The Kier molecular flexibility index (Phi) is 7.57. The average Bonchev–Trinajstić information content (AvgIpc) is 3.54. The van der Waals surface area contributed by atoms with Crippen molar-refractivity contribution in [2.24, 2.45) is 0 Å². The molecule has 6 rings (SSSR count). The van der Waals surface area contributed by atoms with Crippen LogP contribution in [-0.4, -0.2) is 59.1 Å². The molecule has 1 saturated heterocycles. The number of piperazine rings is 1. The first-order valence-corrected chi connectivity index (χ1v) is 15.9. The van der Waals surface area contributed by atoms with Gasteiger partial charge in [-0.25, -0.2) is 17.1 Å². The van der Waals surface area contributed by atoms with Gasteiger partial charge in [-0.3, -0.25) is 4.79 Å². The van der Waals surface area contributed by atoms with E-state index in [9.17, 15) is 13.2 Å². The number of nitrogens with zero attached hydrogens (tertiary/aromatic N) is 2. The van der Waals surface area contributed by atoms with Gasteiger partial charge in [-0.15, -0.1) is 0 Å². The number of benzene rings is 3. The van der Waals surface area contributed by atoms with Crippen LogP contribution in [0.3, 0.4) is 0 Å². The number of amides is 1. The number of nitrogens with one attached hydrogen (secondary N) is 1. The Labute approximate surface area is 245 Å². The lowest BCUT2D eigenvalue weighted by atomic mass is 9.72. The molecule has 1 unspecified atom stereocenters. The SMILES string of the molecule is COc1cc2c(cc1Cl)C(CCCN1CCNCC1)(c1ccccc1F)C(=O)N2S(=O)(=O)c1ccc2c(c1)CCC2. The Balaban J connectivity index is 1.51. The van der Waals surface area contributed by atoms with E-state index in [-0.39, 0.29) is 33.3 Å². The molecule has 7 nitrogen and oxygen atoms in total. The van der Waals surface area contributed by atoms with Gasteiger partial charge in [0.15, 0.2) is 0 Å². The molecule has 1 atom stereocenters. The molecule has 41 heavy (non-hydrogen) atoms. The number of halogens is 2. The second-order valence-electron chi connectivity index (χ2n) is 10.9. The van der Waals surface area contributed by atoms with E-state index in [1.54, 1.807) is 36.4 Å². The van der Waals surface area contributed by atoms with Crippen molar-refractivity contribution in [3.05, 3.63) is 87.7 Å². The summed E-state index contributed by atoms with van der Waals surface area (Å²) >= 11 is 6.60. The van der Waals surface area contributed by atoms with Crippen molar-refractivity contribution < 1.29 is 22.3 Å². The van der Waals surface area contributed by atoms with Crippen LogP contribution in [-0.2, 0) is 33.1 Å². The number of anilines is 1. The number of ether oxygens (including phenoxy) is 1. The van der Waals surface area contributed by atoms with Gasteiger partial charge in [0, 0.05) is 37.8 Å². The van der Waals surface area contributed by atoms with Gasteiger partial charge in [0.2, 0.25) is 0 Å². The quantitative estimate of drug-likeness (QED) is 0.406. The first-order valence-electron chi connectivity index (χ1n) is 14.0. The van der Waals surface area contributed by atoms with Crippen LogP contribution in [0.25, 0.3) is 0 Å². The highest BCUT2D eigenvalue weighted by atomic mass is 35.5. The normalized spacial score (nSPS) is 20.8. The third-order valence-corrected chi connectivity index (χ3v) is 10.7. The number of hydrogen-bond donors (Lipinski definition) is 1. The number of carbonyl (C=O) groups is 1. The molecule has 0 bridgehead atoms. The minimum absolute atomic E-state index is 0.0384. The molecule has 216 valence electrons. The van der Waals surface area contributed by atoms with Crippen molar-refractivity contribution >= 4 is 33.2 Å². The number of sulfonamides is 1. The molecule has 1 N–H and O–H groups in total. The standard InChI is InChI=1S/C31H33ClFN3O4S/c1-40-29-20-28-25(19-26(29)32)31(24-8-2-3-9-27(24)33,12-5-15-35-16-13-34-14-17-35)30(37)36(28)41(38,39)23-11-10-21-6-4-7-22(21)18-23/h2-3,8-11,18-20,34H,4-7,12-17H2,1H3. The summed E-state index contributed by atoms with van der Waals surface area (Å²) in [4.78, 5) is 17.1. The van der Waals surface area contributed by atoms with Crippen LogP contribution in [0.2, 0.25) is 5.02 Å². The maximum absolute atomic E-state index is 15.7. The maximum Gasteiger partial charge on any atom is 0.270 e. The van der Waals surface area contributed by atoms with Gasteiger partial charge in [-0.2, -0.15) is 0 Å². The van der Waals surface area contributed by atoms with Crippen molar-refractivity contribution in [3.63, 3.8) is 0 Å². The minimum atomic E-state index is -4.35. The molecule has 2 heterocycles. The summed E-state index contributed by atoms with van der Waals surface area (Å²) in [5.74, 6) is -1.04. The number of rotatable bonds is 8. The van der Waals surface area contributed by atoms with Crippen LogP contribution in [0.5, 0.6) is 5.75 Å². The molecule has 1 fully saturated rings. The van der Waals surface area contributed by atoms with Gasteiger partial charge in [-0.05, 0) is 79.6 Å². The zero-order valence-electron chi connectivity index (χ0n) is 23.0. The van der Waals surface area contributed by atoms with Crippen LogP contribution in [0.15, 0.2) is 59.5 Å². The molecule has 1 amide bonds. The van der Waals surface area contributed by atoms with Crippen molar-refractivity contribution in [2.45, 2.75) is 42.4 Å². The summed E-state index contributed by atoms with van der Waals surface area (Å²) in [7, 11) is -2.92. The average molecular weight is 598 g/mol. The van der Waals surface area contributed by atoms with E-state index in [1.807, 2.05) is 6.07 Å². The summed E-state index contributed by atoms with van der Waals surface area (Å²) in [6, 6.07) is 14.2. The number of methoxy groups -OCH3 is 1. The largest absolute Gasteiger partial charge is 0.495 e. The molecule has 0 saturated carbocycles. The molecule has 0 aromatic heterocycles. The van der Waals surface area contributed by atoms with E-state index < -0.39 is 27.2 Å². The highest BCUT2D eigenvalue weighted by molar-refractivity contribution is 7.93. The molecule has 10 heteroatoms. The van der Waals surface area contributed by atoms with E-state index in [4.69, 9.17) is 16.3 Å². The number of carbonyl (C=O) groups excluding carboxylic acids is 1. The Morgan fingerprint density at radius 1 is 1.02 bits per heavy atom. The molecule has 0 radical (unpaired) electrons. The third kappa shape index (κ3) is 4.73. The zero-order valence-corrected chi connectivity index (χ0v) is 24.5. The summed E-state index contributed by atoms with van der Waals surface area (Å²) < 4.78 is 50.7. The number of hydrogen-bond acceptors (Lipinski definition) is 6. The summed E-state index contributed by atoms with van der Waals surface area (Å²) in [6.07, 6.45) is 3.42. The first-order chi connectivity index (χ1) is 19.8. The lowest BCUT2D eigenvalue weighted by Crippen LogP contribution is -2.46. The molecule has 2 aliphatic heterocycles. The molecular weight excluding hydrogens is 565 g/mol. The van der Waals surface area contributed by atoms with Gasteiger partial charge >= 0.3 is 0 Å². The van der Waals surface area contributed by atoms with Gasteiger partial charge < -0.3 is 15.0 Å². The Morgan fingerprint density at radius 2 is 1.78 bits per heavy atom. The van der Waals surface area contributed by atoms with Crippen molar-refractivity contribution in [3.8, 4) is 5.75 Å². The number of aryl methyl sites for hydroxylation is 2. The summed E-state index contributed by atoms with van der Waals surface area (Å²) in [6.45, 7) is 4.20. The summed E-state index contributed by atoms with van der Waals surface area (Å²) in [5, 5.41) is 3.55. The molecule has 1 aliphatic carbocycles. The Hall–Kier alpha value is -2.98. The van der Waals surface area contributed by atoms with Gasteiger partial charge in [0.25, 0.3) is 15.9 Å².